The van der Waals surface area contributed by atoms with Crippen LogP contribution >= 0.6 is 0 Å². The van der Waals surface area contributed by atoms with Gasteiger partial charge in [-0.1, -0.05) is 18.2 Å². The minimum atomic E-state index is -0.639. The highest BCUT2D eigenvalue weighted by atomic mass is 19.1. The molecule has 2 aromatic rings. The summed E-state index contributed by atoms with van der Waals surface area (Å²) in [7, 11) is 0. The van der Waals surface area contributed by atoms with Crippen LogP contribution in [0.3, 0.4) is 0 Å². The molecule has 1 aromatic carbocycles. The lowest BCUT2D eigenvalue weighted by atomic mass is 10.0. The first-order valence-electron chi connectivity index (χ1n) is 4.56. The summed E-state index contributed by atoms with van der Waals surface area (Å²) >= 11 is 0. The minimum Gasteiger partial charge on any atom is -0.228 e. The van der Waals surface area contributed by atoms with Crippen LogP contribution in [0, 0.1) is 18.7 Å². The lowest BCUT2D eigenvalue weighted by molar-refractivity contribution is 0.581. The van der Waals surface area contributed by atoms with Crippen molar-refractivity contribution in [1.82, 2.24) is 4.98 Å². The summed E-state index contributed by atoms with van der Waals surface area (Å²) in [5.41, 5.74) is 1.16. The van der Waals surface area contributed by atoms with Gasteiger partial charge < -0.3 is 0 Å². The summed E-state index contributed by atoms with van der Waals surface area (Å²) in [6.45, 7) is 1.73. The van der Waals surface area contributed by atoms with E-state index in [9.17, 15) is 8.78 Å². The van der Waals surface area contributed by atoms with Gasteiger partial charge in [0.15, 0.2) is 0 Å². The van der Waals surface area contributed by atoms with Gasteiger partial charge in [-0.25, -0.2) is 9.37 Å². The average Bonchev–Trinajstić information content (AvgIpc) is 2.20. The van der Waals surface area contributed by atoms with Crippen LogP contribution in [0.4, 0.5) is 8.78 Å². The van der Waals surface area contributed by atoms with Gasteiger partial charge in [0.25, 0.3) is 0 Å². The van der Waals surface area contributed by atoms with E-state index in [1.807, 2.05) is 0 Å². The van der Waals surface area contributed by atoms with Crippen LogP contribution in [0.2, 0.25) is 0 Å². The van der Waals surface area contributed by atoms with Crippen molar-refractivity contribution in [3.8, 4) is 11.1 Å². The first-order valence-corrected chi connectivity index (χ1v) is 4.56. The van der Waals surface area contributed by atoms with E-state index in [2.05, 4.69) is 4.98 Å². The van der Waals surface area contributed by atoms with E-state index in [4.69, 9.17) is 0 Å². The third-order valence-corrected chi connectivity index (χ3v) is 2.26. The molecule has 1 heterocycles. The highest BCUT2D eigenvalue weighted by Gasteiger charge is 2.12. The fourth-order valence-corrected chi connectivity index (χ4v) is 1.51. The molecule has 0 spiro atoms. The summed E-state index contributed by atoms with van der Waals surface area (Å²) in [6.07, 6.45) is 1.37. The van der Waals surface area contributed by atoms with E-state index in [-0.39, 0.29) is 11.1 Å². The number of rotatable bonds is 1. The third-order valence-electron chi connectivity index (χ3n) is 2.26. The second-order valence-electron chi connectivity index (χ2n) is 3.27. The Bertz CT molecular complexity index is 474. The Kier molecular flexibility index (Phi) is 2.46. The van der Waals surface area contributed by atoms with Gasteiger partial charge in [0.05, 0.1) is 0 Å². The molecule has 0 fully saturated rings. The van der Waals surface area contributed by atoms with Crippen LogP contribution in [0.1, 0.15) is 5.56 Å². The molecule has 0 amide bonds. The zero-order valence-electron chi connectivity index (χ0n) is 8.17. The molecule has 0 atom stereocenters. The summed E-state index contributed by atoms with van der Waals surface area (Å²) in [4.78, 5) is 3.52. The number of hydrogen-bond donors (Lipinski definition) is 0. The van der Waals surface area contributed by atoms with Gasteiger partial charge in [0.1, 0.15) is 5.82 Å². The van der Waals surface area contributed by atoms with Crippen LogP contribution in [0.15, 0.2) is 36.5 Å². The molecule has 2 rings (SSSR count). The maximum atomic E-state index is 13.4. The fourth-order valence-electron chi connectivity index (χ4n) is 1.51. The van der Waals surface area contributed by atoms with E-state index in [0.717, 1.165) is 0 Å². The van der Waals surface area contributed by atoms with Crippen LogP contribution < -0.4 is 0 Å². The Morgan fingerprint density at radius 1 is 1.07 bits per heavy atom. The molecule has 1 nitrogen and oxygen atoms in total. The molecule has 0 aliphatic heterocycles. The van der Waals surface area contributed by atoms with Crippen molar-refractivity contribution < 1.29 is 8.78 Å². The zero-order valence-corrected chi connectivity index (χ0v) is 8.17. The highest BCUT2D eigenvalue weighted by molar-refractivity contribution is 5.67. The maximum Gasteiger partial charge on any atom is 0.221 e. The Morgan fingerprint density at radius 3 is 2.47 bits per heavy atom. The van der Waals surface area contributed by atoms with Gasteiger partial charge in [0, 0.05) is 17.3 Å². The largest absolute Gasteiger partial charge is 0.228 e. The topological polar surface area (TPSA) is 12.9 Å². The van der Waals surface area contributed by atoms with Gasteiger partial charge in [-0.3, -0.25) is 0 Å². The molecule has 15 heavy (non-hydrogen) atoms. The average molecular weight is 205 g/mol. The van der Waals surface area contributed by atoms with Crippen molar-refractivity contribution in [2.24, 2.45) is 0 Å². The SMILES string of the molecule is Cc1ccnc(F)c1-c1ccccc1F. The second kappa shape index (κ2) is 3.77. The molecule has 0 N–H and O–H groups in total. The summed E-state index contributed by atoms with van der Waals surface area (Å²) < 4.78 is 26.9. The molecule has 76 valence electrons. The summed E-state index contributed by atoms with van der Waals surface area (Å²) in [6, 6.07) is 7.75. The number of aromatic nitrogens is 1. The van der Waals surface area contributed by atoms with E-state index < -0.39 is 11.8 Å². The number of hydrogen-bond acceptors (Lipinski definition) is 1. The second-order valence-corrected chi connectivity index (χ2v) is 3.27. The van der Waals surface area contributed by atoms with Crippen molar-refractivity contribution in [3.63, 3.8) is 0 Å². The standard InChI is InChI=1S/C12H9F2N/c1-8-6-7-15-12(14)11(8)9-4-2-3-5-10(9)13/h2-7H,1H3. The first-order chi connectivity index (χ1) is 7.20. The molecular formula is C12H9F2N. The van der Waals surface area contributed by atoms with Crippen LogP contribution in [-0.4, -0.2) is 4.98 Å². The molecule has 0 radical (unpaired) electrons. The van der Waals surface area contributed by atoms with Gasteiger partial charge in [-0.15, -0.1) is 0 Å². The first kappa shape index (κ1) is 9.77. The Morgan fingerprint density at radius 2 is 1.80 bits per heavy atom. The molecule has 0 saturated heterocycles. The monoisotopic (exact) mass is 205 g/mol. The van der Waals surface area contributed by atoms with Gasteiger partial charge in [-0.2, -0.15) is 4.39 Å². The molecule has 0 bridgehead atoms. The van der Waals surface area contributed by atoms with Crippen LogP contribution in [0.25, 0.3) is 11.1 Å². The Balaban J connectivity index is 2.69. The van der Waals surface area contributed by atoms with Crippen molar-refractivity contribution in [1.29, 1.82) is 0 Å². The van der Waals surface area contributed by atoms with Gasteiger partial charge >= 0.3 is 0 Å². The minimum absolute atomic E-state index is 0.232. The van der Waals surface area contributed by atoms with E-state index in [1.54, 1.807) is 31.2 Å². The maximum absolute atomic E-state index is 13.4. The van der Waals surface area contributed by atoms with E-state index in [0.29, 0.717) is 5.56 Å². The number of aryl methyl sites for hydroxylation is 1. The highest BCUT2D eigenvalue weighted by Crippen LogP contribution is 2.27. The fraction of sp³-hybridized carbons (Fsp3) is 0.0833. The van der Waals surface area contributed by atoms with Crippen molar-refractivity contribution in [2.45, 2.75) is 6.92 Å². The molecular weight excluding hydrogens is 196 g/mol. The molecule has 3 heteroatoms. The zero-order chi connectivity index (χ0) is 10.8. The lowest BCUT2D eigenvalue weighted by Gasteiger charge is -2.06. The molecule has 1 aromatic heterocycles. The lowest BCUT2D eigenvalue weighted by Crippen LogP contribution is -1.94. The number of nitrogens with zero attached hydrogens (tertiary/aromatic N) is 1. The molecule has 0 saturated carbocycles. The van der Waals surface area contributed by atoms with Crippen molar-refractivity contribution in [3.05, 3.63) is 53.9 Å². The van der Waals surface area contributed by atoms with Crippen LogP contribution in [-0.2, 0) is 0 Å². The number of pyridine rings is 1. The van der Waals surface area contributed by atoms with E-state index in [1.165, 1.54) is 12.3 Å². The third kappa shape index (κ3) is 1.73. The quantitative estimate of drug-likeness (QED) is 0.650. The predicted molar refractivity (Wildman–Crippen MR) is 54.3 cm³/mol. The predicted octanol–water partition coefficient (Wildman–Crippen LogP) is 3.34. The normalized spacial score (nSPS) is 10.3. The summed E-state index contributed by atoms with van der Waals surface area (Å²) in [5.74, 6) is -1.08. The molecule has 0 unspecified atom stereocenters. The van der Waals surface area contributed by atoms with E-state index >= 15 is 0 Å². The Hall–Kier alpha value is -1.77. The van der Waals surface area contributed by atoms with Gasteiger partial charge in [-0.05, 0) is 24.6 Å². The smallest absolute Gasteiger partial charge is 0.221 e. The molecule has 0 aliphatic carbocycles. The van der Waals surface area contributed by atoms with Crippen molar-refractivity contribution in [2.75, 3.05) is 0 Å². The Labute approximate surface area is 86.4 Å². The van der Waals surface area contributed by atoms with Crippen LogP contribution in [0.5, 0.6) is 0 Å². The molecule has 0 aliphatic rings. The number of benzene rings is 1. The number of halogens is 2. The van der Waals surface area contributed by atoms with Gasteiger partial charge in [0.2, 0.25) is 5.95 Å². The van der Waals surface area contributed by atoms with Crippen molar-refractivity contribution >= 4 is 0 Å². The summed E-state index contributed by atoms with van der Waals surface area (Å²) in [5, 5.41) is 0.